The Kier molecular flexibility index (Phi) is 5.20. The number of fused-ring (bicyclic) bond motifs is 1. The fourth-order valence-electron chi connectivity index (χ4n) is 4.14. The van der Waals surface area contributed by atoms with Gasteiger partial charge in [-0.1, -0.05) is 0 Å². The molecule has 0 radical (unpaired) electrons. The van der Waals surface area contributed by atoms with Crippen LogP contribution in [0.4, 0.5) is 0 Å². The van der Waals surface area contributed by atoms with E-state index < -0.39 is 0 Å². The summed E-state index contributed by atoms with van der Waals surface area (Å²) in [7, 11) is 2.12. The SMILES string of the molecule is C[C@@H](CC(=O)N1CCCC[C@H]1c1ncc2c(n1)CCN(C)C2)n1cccn1. The lowest BCUT2D eigenvalue weighted by molar-refractivity contribution is -0.136. The highest BCUT2D eigenvalue weighted by Crippen LogP contribution is 2.31. The van der Waals surface area contributed by atoms with Crippen molar-refractivity contribution in [2.75, 3.05) is 20.1 Å². The van der Waals surface area contributed by atoms with Crippen LogP contribution in [0.25, 0.3) is 0 Å². The summed E-state index contributed by atoms with van der Waals surface area (Å²) in [6.07, 6.45) is 10.2. The number of likely N-dealkylation sites (tertiary alicyclic amines) is 1. The summed E-state index contributed by atoms with van der Waals surface area (Å²) in [6, 6.07) is 1.94. The van der Waals surface area contributed by atoms with Crippen LogP contribution in [0.3, 0.4) is 0 Å². The number of nitrogens with zero attached hydrogens (tertiary/aromatic N) is 6. The van der Waals surface area contributed by atoms with Crippen LogP contribution in [0, 0.1) is 0 Å². The first-order valence-corrected chi connectivity index (χ1v) is 9.93. The molecule has 4 rings (SSSR count). The second-order valence-corrected chi connectivity index (χ2v) is 7.83. The van der Waals surface area contributed by atoms with Crippen molar-refractivity contribution in [3.8, 4) is 0 Å². The van der Waals surface area contributed by atoms with E-state index >= 15 is 0 Å². The van der Waals surface area contributed by atoms with Gasteiger partial charge in [-0.15, -0.1) is 0 Å². The summed E-state index contributed by atoms with van der Waals surface area (Å²) in [6.45, 7) is 4.76. The van der Waals surface area contributed by atoms with Crippen LogP contribution in [0.15, 0.2) is 24.7 Å². The van der Waals surface area contributed by atoms with E-state index in [1.807, 2.05) is 35.0 Å². The fraction of sp³-hybridized carbons (Fsp3) is 0.600. The molecule has 0 aliphatic carbocycles. The summed E-state index contributed by atoms with van der Waals surface area (Å²) < 4.78 is 1.85. The first-order chi connectivity index (χ1) is 13.1. The summed E-state index contributed by atoms with van der Waals surface area (Å²) in [5.41, 5.74) is 2.37. The normalized spacial score (nSPS) is 21.7. The van der Waals surface area contributed by atoms with Gasteiger partial charge >= 0.3 is 0 Å². The van der Waals surface area contributed by atoms with Crippen LogP contribution >= 0.6 is 0 Å². The lowest BCUT2D eigenvalue weighted by Crippen LogP contribution is -2.40. The molecule has 1 amide bonds. The third kappa shape index (κ3) is 3.88. The second-order valence-electron chi connectivity index (χ2n) is 7.83. The highest BCUT2D eigenvalue weighted by Gasteiger charge is 2.31. The number of aromatic nitrogens is 4. The standard InChI is InChI=1S/C20H28N6O/c1-15(26-10-5-8-22-26)12-19(27)25-9-4-3-6-18(25)20-21-13-16-14-24(2)11-7-17(16)23-20/h5,8,10,13,15,18H,3-4,6-7,9,11-12,14H2,1-2H3/t15-,18-/m0/s1. The van der Waals surface area contributed by atoms with Gasteiger partial charge in [-0.05, 0) is 39.3 Å². The number of carbonyl (C=O) groups is 1. The van der Waals surface area contributed by atoms with Gasteiger partial charge in [-0.2, -0.15) is 5.10 Å². The van der Waals surface area contributed by atoms with Crippen LogP contribution in [0.2, 0.25) is 0 Å². The predicted octanol–water partition coefficient (Wildman–Crippen LogP) is 2.37. The molecule has 0 saturated carbocycles. The maximum Gasteiger partial charge on any atom is 0.225 e. The van der Waals surface area contributed by atoms with Crippen molar-refractivity contribution in [3.63, 3.8) is 0 Å². The molecule has 1 saturated heterocycles. The van der Waals surface area contributed by atoms with Gasteiger partial charge in [0.25, 0.3) is 0 Å². The van der Waals surface area contributed by atoms with E-state index in [0.29, 0.717) is 6.42 Å². The molecule has 2 atom stereocenters. The van der Waals surface area contributed by atoms with Gasteiger partial charge < -0.3 is 9.80 Å². The minimum atomic E-state index is 0.000951. The lowest BCUT2D eigenvalue weighted by Gasteiger charge is -2.36. The van der Waals surface area contributed by atoms with Crippen LogP contribution in [0.5, 0.6) is 0 Å². The fourth-order valence-corrected chi connectivity index (χ4v) is 4.14. The van der Waals surface area contributed by atoms with Gasteiger partial charge in [-0.25, -0.2) is 9.97 Å². The number of carbonyl (C=O) groups excluding carboxylic acids is 1. The lowest BCUT2D eigenvalue weighted by atomic mass is 9.99. The van der Waals surface area contributed by atoms with E-state index in [1.54, 1.807) is 6.20 Å². The molecule has 1 fully saturated rings. The second kappa shape index (κ2) is 7.76. The highest BCUT2D eigenvalue weighted by atomic mass is 16.2. The number of piperidine rings is 1. The Morgan fingerprint density at radius 2 is 2.22 bits per heavy atom. The van der Waals surface area contributed by atoms with Gasteiger partial charge in [0.05, 0.1) is 12.1 Å². The molecule has 0 spiro atoms. The predicted molar refractivity (Wildman–Crippen MR) is 102 cm³/mol. The first-order valence-electron chi connectivity index (χ1n) is 9.93. The highest BCUT2D eigenvalue weighted by molar-refractivity contribution is 5.77. The van der Waals surface area contributed by atoms with Crippen molar-refractivity contribution in [1.29, 1.82) is 0 Å². The molecule has 144 valence electrons. The first kappa shape index (κ1) is 18.1. The molecule has 4 heterocycles. The zero-order valence-electron chi connectivity index (χ0n) is 16.2. The van der Waals surface area contributed by atoms with Gasteiger partial charge in [0.15, 0.2) is 5.82 Å². The zero-order valence-corrected chi connectivity index (χ0v) is 16.2. The van der Waals surface area contributed by atoms with Crippen molar-refractivity contribution in [2.24, 2.45) is 0 Å². The van der Waals surface area contributed by atoms with E-state index in [0.717, 1.165) is 56.8 Å². The average molecular weight is 368 g/mol. The summed E-state index contributed by atoms with van der Waals surface area (Å²) >= 11 is 0. The van der Waals surface area contributed by atoms with E-state index in [2.05, 4.69) is 22.0 Å². The molecule has 2 aliphatic rings. The molecular formula is C20H28N6O. The zero-order chi connectivity index (χ0) is 18.8. The Balaban J connectivity index is 1.51. The Bertz CT molecular complexity index is 790. The van der Waals surface area contributed by atoms with E-state index in [9.17, 15) is 4.79 Å². The molecule has 27 heavy (non-hydrogen) atoms. The van der Waals surface area contributed by atoms with Crippen molar-refractivity contribution in [3.05, 3.63) is 41.7 Å². The molecule has 0 N–H and O–H groups in total. The van der Waals surface area contributed by atoms with Gasteiger partial charge in [0.2, 0.25) is 5.91 Å². The van der Waals surface area contributed by atoms with Crippen LogP contribution in [0.1, 0.15) is 61.8 Å². The molecule has 2 aromatic rings. The molecule has 0 aromatic carbocycles. The van der Waals surface area contributed by atoms with Gasteiger partial charge in [0, 0.05) is 62.3 Å². The van der Waals surface area contributed by atoms with Crippen LogP contribution in [-0.2, 0) is 17.8 Å². The van der Waals surface area contributed by atoms with E-state index in [4.69, 9.17) is 4.98 Å². The molecule has 2 aromatic heterocycles. The Morgan fingerprint density at radius 3 is 3.04 bits per heavy atom. The largest absolute Gasteiger partial charge is 0.332 e. The van der Waals surface area contributed by atoms with E-state index in [1.165, 1.54) is 5.56 Å². The third-order valence-electron chi connectivity index (χ3n) is 5.71. The minimum absolute atomic E-state index is 0.000951. The van der Waals surface area contributed by atoms with E-state index in [-0.39, 0.29) is 18.0 Å². The molecule has 7 heteroatoms. The van der Waals surface area contributed by atoms with Crippen molar-refractivity contribution in [2.45, 2.75) is 57.7 Å². The van der Waals surface area contributed by atoms with Gasteiger partial charge in [0.1, 0.15) is 0 Å². The van der Waals surface area contributed by atoms with Crippen molar-refractivity contribution < 1.29 is 4.79 Å². The van der Waals surface area contributed by atoms with Crippen LogP contribution in [-0.4, -0.2) is 55.6 Å². The molecule has 7 nitrogen and oxygen atoms in total. The summed E-state index contributed by atoms with van der Waals surface area (Å²) in [5.74, 6) is 0.988. The minimum Gasteiger partial charge on any atom is -0.332 e. The Labute approximate surface area is 160 Å². The number of hydrogen-bond donors (Lipinski definition) is 0. The molecule has 0 unspecified atom stereocenters. The molecule has 0 bridgehead atoms. The number of hydrogen-bond acceptors (Lipinski definition) is 5. The third-order valence-corrected chi connectivity index (χ3v) is 5.71. The smallest absolute Gasteiger partial charge is 0.225 e. The summed E-state index contributed by atoms with van der Waals surface area (Å²) in [5, 5.41) is 4.26. The molecular weight excluding hydrogens is 340 g/mol. The van der Waals surface area contributed by atoms with Crippen molar-refractivity contribution >= 4 is 5.91 Å². The Hall–Kier alpha value is -2.28. The molecule has 2 aliphatic heterocycles. The number of likely N-dealkylation sites (N-methyl/N-ethyl adjacent to an activating group) is 1. The average Bonchev–Trinajstić information content (AvgIpc) is 3.22. The number of rotatable bonds is 4. The topological polar surface area (TPSA) is 67.2 Å². The van der Waals surface area contributed by atoms with Gasteiger partial charge in [-0.3, -0.25) is 9.48 Å². The maximum atomic E-state index is 13.0. The maximum absolute atomic E-state index is 13.0. The quantitative estimate of drug-likeness (QED) is 0.829. The van der Waals surface area contributed by atoms with Crippen LogP contribution < -0.4 is 0 Å². The number of amides is 1. The summed E-state index contributed by atoms with van der Waals surface area (Å²) in [4.78, 5) is 26.9. The monoisotopic (exact) mass is 368 g/mol. The Morgan fingerprint density at radius 1 is 1.33 bits per heavy atom. The van der Waals surface area contributed by atoms with Crippen molar-refractivity contribution in [1.82, 2.24) is 29.5 Å².